The number of aromatic nitrogens is 4. The first-order valence-electron chi connectivity index (χ1n) is 5.43. The maximum Gasteiger partial charge on any atom is 0.173 e. The molecule has 2 aromatic rings. The van der Waals surface area contributed by atoms with E-state index in [0.717, 1.165) is 5.69 Å². The summed E-state index contributed by atoms with van der Waals surface area (Å²) in [5.74, 6) is 1.90. The summed E-state index contributed by atoms with van der Waals surface area (Å²) in [6.45, 7) is 1.82. The van der Waals surface area contributed by atoms with Crippen molar-refractivity contribution in [3.05, 3.63) is 24.0 Å². The van der Waals surface area contributed by atoms with E-state index in [1.807, 2.05) is 19.1 Å². The standard InChI is InChI=1S/C11H15N5O2/c1-7(12)11-13-14-15-16(11)8-4-9(17-2)6-10(5-8)18-3/h4-7H,12H2,1-3H3. The molecule has 0 saturated carbocycles. The van der Waals surface area contributed by atoms with Crippen LogP contribution in [0.5, 0.6) is 11.5 Å². The molecular weight excluding hydrogens is 234 g/mol. The zero-order valence-electron chi connectivity index (χ0n) is 10.5. The summed E-state index contributed by atoms with van der Waals surface area (Å²) in [5, 5.41) is 11.5. The molecule has 1 unspecified atom stereocenters. The van der Waals surface area contributed by atoms with Gasteiger partial charge in [-0.3, -0.25) is 0 Å². The molecule has 7 heteroatoms. The highest BCUT2D eigenvalue weighted by molar-refractivity contribution is 5.46. The predicted molar refractivity (Wildman–Crippen MR) is 64.9 cm³/mol. The van der Waals surface area contributed by atoms with Gasteiger partial charge in [-0.25, -0.2) is 0 Å². The summed E-state index contributed by atoms with van der Waals surface area (Å²) >= 11 is 0. The zero-order valence-corrected chi connectivity index (χ0v) is 10.5. The number of nitrogens with zero attached hydrogens (tertiary/aromatic N) is 4. The van der Waals surface area contributed by atoms with Crippen molar-refractivity contribution in [3.8, 4) is 17.2 Å². The minimum atomic E-state index is -0.266. The van der Waals surface area contributed by atoms with Gasteiger partial charge < -0.3 is 15.2 Å². The van der Waals surface area contributed by atoms with Crippen LogP contribution in [0.2, 0.25) is 0 Å². The summed E-state index contributed by atoms with van der Waals surface area (Å²) < 4.78 is 12.0. The van der Waals surface area contributed by atoms with Crippen LogP contribution < -0.4 is 15.2 Å². The molecule has 0 aliphatic rings. The molecule has 0 saturated heterocycles. The molecule has 1 heterocycles. The lowest BCUT2D eigenvalue weighted by Crippen LogP contribution is -2.13. The molecule has 1 aromatic heterocycles. The van der Waals surface area contributed by atoms with Crippen molar-refractivity contribution in [2.24, 2.45) is 5.73 Å². The van der Waals surface area contributed by atoms with Gasteiger partial charge in [0, 0.05) is 18.2 Å². The number of hydrogen-bond donors (Lipinski definition) is 1. The summed E-state index contributed by atoms with van der Waals surface area (Å²) in [6.07, 6.45) is 0. The number of methoxy groups -OCH3 is 2. The Kier molecular flexibility index (Phi) is 3.42. The van der Waals surface area contributed by atoms with E-state index in [-0.39, 0.29) is 6.04 Å². The smallest absolute Gasteiger partial charge is 0.173 e. The third-order valence-corrected chi connectivity index (χ3v) is 2.48. The third kappa shape index (κ3) is 2.25. The van der Waals surface area contributed by atoms with Crippen molar-refractivity contribution in [2.45, 2.75) is 13.0 Å². The number of rotatable bonds is 4. The maximum absolute atomic E-state index is 5.81. The van der Waals surface area contributed by atoms with Crippen LogP contribution in [0, 0.1) is 0 Å². The van der Waals surface area contributed by atoms with E-state index >= 15 is 0 Å². The van der Waals surface area contributed by atoms with Crippen LogP contribution >= 0.6 is 0 Å². The molecule has 1 aromatic carbocycles. The Bertz CT molecular complexity index is 516. The normalized spacial score (nSPS) is 12.2. The van der Waals surface area contributed by atoms with Gasteiger partial charge in [-0.1, -0.05) is 0 Å². The number of ether oxygens (including phenoxy) is 2. The molecule has 0 fully saturated rings. The Morgan fingerprint density at radius 3 is 2.28 bits per heavy atom. The Hall–Kier alpha value is -2.15. The van der Waals surface area contributed by atoms with Crippen molar-refractivity contribution in [1.82, 2.24) is 20.2 Å². The minimum Gasteiger partial charge on any atom is -0.497 e. The number of benzene rings is 1. The van der Waals surface area contributed by atoms with Gasteiger partial charge in [0.1, 0.15) is 11.5 Å². The summed E-state index contributed by atoms with van der Waals surface area (Å²) in [6, 6.07) is 5.13. The van der Waals surface area contributed by atoms with Gasteiger partial charge in [-0.15, -0.1) is 5.10 Å². The average molecular weight is 249 g/mol. The molecule has 0 amide bonds. The van der Waals surface area contributed by atoms with E-state index in [1.165, 1.54) is 0 Å². The molecule has 0 radical (unpaired) electrons. The summed E-state index contributed by atoms with van der Waals surface area (Å²) in [7, 11) is 3.18. The fraction of sp³-hybridized carbons (Fsp3) is 0.364. The first kappa shape index (κ1) is 12.3. The number of hydrogen-bond acceptors (Lipinski definition) is 6. The summed E-state index contributed by atoms with van der Waals surface area (Å²) in [5.41, 5.74) is 6.55. The van der Waals surface area contributed by atoms with Crippen molar-refractivity contribution in [1.29, 1.82) is 0 Å². The van der Waals surface area contributed by atoms with Gasteiger partial charge in [0.2, 0.25) is 0 Å². The Balaban J connectivity index is 2.52. The average Bonchev–Trinajstić information content (AvgIpc) is 2.87. The fourth-order valence-electron chi connectivity index (χ4n) is 1.58. The van der Waals surface area contributed by atoms with Gasteiger partial charge >= 0.3 is 0 Å². The monoisotopic (exact) mass is 249 g/mol. The molecule has 0 spiro atoms. The predicted octanol–water partition coefficient (Wildman–Crippen LogP) is 0.699. The molecule has 0 aliphatic carbocycles. The highest BCUT2D eigenvalue weighted by atomic mass is 16.5. The van der Waals surface area contributed by atoms with Gasteiger partial charge in [0.05, 0.1) is 25.9 Å². The molecule has 1 atom stereocenters. The Morgan fingerprint density at radius 1 is 1.17 bits per heavy atom. The van der Waals surface area contributed by atoms with E-state index in [9.17, 15) is 0 Å². The second-order valence-corrected chi connectivity index (χ2v) is 3.81. The van der Waals surface area contributed by atoms with Crippen LogP contribution in [-0.2, 0) is 0 Å². The van der Waals surface area contributed by atoms with Crippen LogP contribution in [0.1, 0.15) is 18.8 Å². The first-order chi connectivity index (χ1) is 8.65. The largest absolute Gasteiger partial charge is 0.497 e. The van der Waals surface area contributed by atoms with Gasteiger partial charge in [0.25, 0.3) is 0 Å². The molecule has 2 N–H and O–H groups in total. The summed E-state index contributed by atoms with van der Waals surface area (Å²) in [4.78, 5) is 0. The topological polar surface area (TPSA) is 88.1 Å². The van der Waals surface area contributed by atoms with Crippen molar-refractivity contribution >= 4 is 0 Å². The quantitative estimate of drug-likeness (QED) is 0.858. The van der Waals surface area contributed by atoms with Crippen molar-refractivity contribution < 1.29 is 9.47 Å². The Morgan fingerprint density at radius 2 is 1.78 bits per heavy atom. The molecular formula is C11H15N5O2. The zero-order chi connectivity index (χ0) is 13.1. The fourth-order valence-corrected chi connectivity index (χ4v) is 1.58. The van der Waals surface area contributed by atoms with E-state index in [2.05, 4.69) is 15.5 Å². The van der Waals surface area contributed by atoms with E-state index in [1.54, 1.807) is 25.0 Å². The highest BCUT2D eigenvalue weighted by Crippen LogP contribution is 2.25. The van der Waals surface area contributed by atoms with Gasteiger partial charge in [-0.2, -0.15) is 4.68 Å². The van der Waals surface area contributed by atoms with Crippen molar-refractivity contribution in [2.75, 3.05) is 14.2 Å². The van der Waals surface area contributed by atoms with Crippen LogP contribution in [0.15, 0.2) is 18.2 Å². The van der Waals surface area contributed by atoms with Crippen molar-refractivity contribution in [3.63, 3.8) is 0 Å². The second-order valence-electron chi connectivity index (χ2n) is 3.81. The van der Waals surface area contributed by atoms with Crippen LogP contribution in [0.4, 0.5) is 0 Å². The number of tetrazole rings is 1. The third-order valence-electron chi connectivity index (χ3n) is 2.48. The van der Waals surface area contributed by atoms with Crippen LogP contribution in [0.25, 0.3) is 5.69 Å². The lowest BCUT2D eigenvalue weighted by Gasteiger charge is -2.10. The number of nitrogens with two attached hydrogens (primary N) is 1. The second kappa shape index (κ2) is 5.01. The van der Waals surface area contributed by atoms with Crippen LogP contribution in [-0.4, -0.2) is 34.4 Å². The molecule has 7 nitrogen and oxygen atoms in total. The Labute approximate surface area is 104 Å². The maximum atomic E-state index is 5.81. The first-order valence-corrected chi connectivity index (χ1v) is 5.43. The van der Waals surface area contributed by atoms with E-state index in [0.29, 0.717) is 17.3 Å². The van der Waals surface area contributed by atoms with E-state index < -0.39 is 0 Å². The SMILES string of the molecule is COc1cc(OC)cc(-n2nnnc2C(C)N)c1. The van der Waals surface area contributed by atoms with E-state index in [4.69, 9.17) is 15.2 Å². The lowest BCUT2D eigenvalue weighted by atomic mass is 10.2. The molecule has 0 aliphatic heterocycles. The molecule has 96 valence electrons. The molecule has 2 rings (SSSR count). The molecule has 18 heavy (non-hydrogen) atoms. The van der Waals surface area contributed by atoms with Gasteiger partial charge in [0.15, 0.2) is 5.82 Å². The minimum absolute atomic E-state index is 0.266. The van der Waals surface area contributed by atoms with Gasteiger partial charge in [-0.05, 0) is 17.4 Å². The highest BCUT2D eigenvalue weighted by Gasteiger charge is 2.13. The molecule has 0 bridgehead atoms. The lowest BCUT2D eigenvalue weighted by molar-refractivity contribution is 0.393. The van der Waals surface area contributed by atoms with Crippen LogP contribution in [0.3, 0.4) is 0 Å².